The van der Waals surface area contributed by atoms with Gasteiger partial charge >= 0.3 is 0 Å². The predicted molar refractivity (Wildman–Crippen MR) is 128 cm³/mol. The molecule has 1 unspecified atom stereocenters. The molecule has 0 saturated heterocycles. The lowest BCUT2D eigenvalue weighted by molar-refractivity contribution is 0.0949. The lowest BCUT2D eigenvalue weighted by Gasteiger charge is -2.19. The van der Waals surface area contributed by atoms with Crippen molar-refractivity contribution in [3.63, 3.8) is 0 Å². The number of carbonyl (C=O) groups excluding carboxylic acids is 1. The molecule has 1 amide bonds. The highest BCUT2D eigenvalue weighted by Crippen LogP contribution is 2.30. The Morgan fingerprint density at radius 2 is 1.56 bits per heavy atom. The van der Waals surface area contributed by atoms with E-state index in [1.807, 2.05) is 54.7 Å². The number of carbonyl (C=O) groups is 1. The molecule has 0 radical (unpaired) electrons. The molecule has 6 heteroatoms. The van der Waals surface area contributed by atoms with Gasteiger partial charge in [0.2, 0.25) is 0 Å². The highest BCUT2D eigenvalue weighted by molar-refractivity contribution is 7.92. The first-order valence-electron chi connectivity index (χ1n) is 10.6. The molecule has 1 heterocycles. The Labute approximate surface area is 188 Å². The molecule has 164 valence electrons. The van der Waals surface area contributed by atoms with E-state index in [4.69, 9.17) is 0 Å². The first-order valence-corrected chi connectivity index (χ1v) is 12.2. The van der Waals surface area contributed by atoms with Gasteiger partial charge in [-0.25, -0.2) is 8.42 Å². The zero-order chi connectivity index (χ0) is 22.7. The van der Waals surface area contributed by atoms with Gasteiger partial charge in [0.1, 0.15) is 0 Å². The largest absolute Gasteiger partial charge is 0.361 e. The van der Waals surface area contributed by atoms with Crippen LogP contribution >= 0.6 is 0 Å². The number of aromatic amines is 1. The van der Waals surface area contributed by atoms with Crippen molar-refractivity contribution in [2.24, 2.45) is 0 Å². The summed E-state index contributed by atoms with van der Waals surface area (Å²) >= 11 is 0. The average Bonchev–Trinajstić information content (AvgIpc) is 3.24. The molecular weight excluding hydrogens is 420 g/mol. The molecule has 0 bridgehead atoms. The van der Waals surface area contributed by atoms with Crippen molar-refractivity contribution in [3.8, 4) is 0 Å². The molecule has 32 heavy (non-hydrogen) atoms. The molecule has 1 aromatic heterocycles. The molecule has 0 aliphatic carbocycles. The summed E-state index contributed by atoms with van der Waals surface area (Å²) in [6.07, 6.45) is 1.98. The Bertz CT molecular complexity index is 1340. The van der Waals surface area contributed by atoms with Gasteiger partial charge in [0.05, 0.1) is 15.7 Å². The van der Waals surface area contributed by atoms with Gasteiger partial charge in [0.25, 0.3) is 5.91 Å². The molecule has 0 fully saturated rings. The zero-order valence-corrected chi connectivity index (χ0v) is 18.9. The van der Waals surface area contributed by atoms with Crippen LogP contribution in [0.1, 0.15) is 41.3 Å². The minimum absolute atomic E-state index is 0.0656. The van der Waals surface area contributed by atoms with E-state index >= 15 is 0 Å². The van der Waals surface area contributed by atoms with Crippen molar-refractivity contribution in [2.75, 3.05) is 6.54 Å². The van der Waals surface area contributed by atoms with Crippen molar-refractivity contribution in [3.05, 3.63) is 102 Å². The van der Waals surface area contributed by atoms with Crippen LogP contribution in [0.2, 0.25) is 0 Å². The summed E-state index contributed by atoms with van der Waals surface area (Å²) in [7, 11) is -3.58. The summed E-state index contributed by atoms with van der Waals surface area (Å²) in [5.74, 6) is -0.490. The lowest BCUT2D eigenvalue weighted by atomic mass is 9.91. The van der Waals surface area contributed by atoms with Crippen LogP contribution in [0.25, 0.3) is 10.9 Å². The van der Waals surface area contributed by atoms with E-state index in [9.17, 15) is 13.2 Å². The van der Waals surface area contributed by atoms with Gasteiger partial charge in [-0.3, -0.25) is 4.79 Å². The van der Waals surface area contributed by atoms with Crippen LogP contribution in [0.3, 0.4) is 0 Å². The van der Waals surface area contributed by atoms with Crippen LogP contribution in [0.4, 0.5) is 0 Å². The fourth-order valence-electron chi connectivity index (χ4n) is 3.92. The molecule has 0 aliphatic rings. The summed E-state index contributed by atoms with van der Waals surface area (Å²) in [6.45, 7) is 3.57. The minimum Gasteiger partial charge on any atom is -0.361 e. The number of H-pyrrole nitrogens is 1. The maximum absolute atomic E-state index is 13.1. The number of aromatic nitrogens is 1. The molecule has 0 aliphatic heterocycles. The average molecular weight is 447 g/mol. The molecule has 5 nitrogen and oxygen atoms in total. The number of hydrogen-bond donors (Lipinski definition) is 2. The van der Waals surface area contributed by atoms with Crippen LogP contribution in [0.15, 0.2) is 90.0 Å². The first kappa shape index (κ1) is 21.8. The number of sulfone groups is 1. The Morgan fingerprint density at radius 1 is 0.906 bits per heavy atom. The number of rotatable bonds is 7. The standard InChI is InChI=1S/C26H26N2O3S/c1-18(2)32(30,31)25-15-9-7-13-21(25)26(29)28-16-22(19-10-4-3-5-11-19)23-17-27-24-14-8-6-12-20(23)24/h3-15,17-18,22,27H,16H2,1-2H3,(H,28,29). The summed E-state index contributed by atoms with van der Waals surface area (Å²) in [5.41, 5.74) is 3.35. The Balaban J connectivity index is 1.67. The maximum Gasteiger partial charge on any atom is 0.252 e. The van der Waals surface area contributed by atoms with E-state index in [1.165, 1.54) is 6.07 Å². The molecule has 2 N–H and O–H groups in total. The number of para-hydroxylation sites is 1. The van der Waals surface area contributed by atoms with Crippen LogP contribution in [0, 0.1) is 0 Å². The van der Waals surface area contributed by atoms with Gasteiger partial charge in [-0.2, -0.15) is 0 Å². The number of amides is 1. The van der Waals surface area contributed by atoms with Gasteiger partial charge in [0.15, 0.2) is 9.84 Å². The molecule has 4 rings (SSSR count). The molecule has 4 aromatic rings. The Hall–Kier alpha value is -3.38. The summed E-state index contributed by atoms with van der Waals surface area (Å²) in [6, 6.07) is 24.4. The monoisotopic (exact) mass is 446 g/mol. The number of fused-ring (bicyclic) bond motifs is 1. The highest BCUT2D eigenvalue weighted by Gasteiger charge is 2.26. The van der Waals surface area contributed by atoms with E-state index in [-0.39, 0.29) is 16.4 Å². The second-order valence-corrected chi connectivity index (χ2v) is 10.5. The predicted octanol–water partition coefficient (Wildman–Crippen LogP) is 4.91. The van der Waals surface area contributed by atoms with E-state index in [0.717, 1.165) is 22.0 Å². The van der Waals surface area contributed by atoms with E-state index in [2.05, 4.69) is 16.4 Å². The van der Waals surface area contributed by atoms with Gasteiger partial charge in [-0.15, -0.1) is 0 Å². The highest BCUT2D eigenvalue weighted by atomic mass is 32.2. The third-order valence-electron chi connectivity index (χ3n) is 5.72. The van der Waals surface area contributed by atoms with Crippen LogP contribution in [0.5, 0.6) is 0 Å². The summed E-state index contributed by atoms with van der Waals surface area (Å²) < 4.78 is 25.5. The van der Waals surface area contributed by atoms with Gasteiger partial charge < -0.3 is 10.3 Å². The molecular formula is C26H26N2O3S. The third kappa shape index (κ3) is 4.18. The second kappa shape index (κ2) is 9.01. The first-order chi connectivity index (χ1) is 15.4. The zero-order valence-electron chi connectivity index (χ0n) is 18.1. The van der Waals surface area contributed by atoms with E-state index < -0.39 is 21.0 Å². The Kier molecular flexibility index (Phi) is 6.15. The molecule has 1 atom stereocenters. The fraction of sp³-hybridized carbons (Fsp3) is 0.192. The SMILES string of the molecule is CC(C)S(=O)(=O)c1ccccc1C(=O)NCC(c1ccccc1)c1c[nH]c2ccccc12. The fourth-order valence-corrected chi connectivity index (χ4v) is 5.16. The van der Waals surface area contributed by atoms with Gasteiger partial charge in [-0.05, 0) is 43.2 Å². The summed E-state index contributed by atoms with van der Waals surface area (Å²) in [5, 5.41) is 3.47. The number of hydrogen-bond acceptors (Lipinski definition) is 3. The minimum atomic E-state index is -3.58. The quantitative estimate of drug-likeness (QED) is 0.423. The second-order valence-electron chi connectivity index (χ2n) is 8.05. The molecule has 0 spiro atoms. The maximum atomic E-state index is 13.1. The summed E-state index contributed by atoms with van der Waals surface area (Å²) in [4.78, 5) is 16.5. The van der Waals surface area contributed by atoms with Crippen molar-refractivity contribution in [2.45, 2.75) is 29.9 Å². The van der Waals surface area contributed by atoms with Crippen molar-refractivity contribution < 1.29 is 13.2 Å². The van der Waals surface area contributed by atoms with Gasteiger partial charge in [-0.1, -0.05) is 60.7 Å². The van der Waals surface area contributed by atoms with Crippen molar-refractivity contribution in [1.29, 1.82) is 0 Å². The van der Waals surface area contributed by atoms with Crippen LogP contribution < -0.4 is 5.32 Å². The lowest BCUT2D eigenvalue weighted by Crippen LogP contribution is -2.30. The van der Waals surface area contributed by atoms with Crippen LogP contribution in [-0.4, -0.2) is 31.1 Å². The Morgan fingerprint density at radius 3 is 2.31 bits per heavy atom. The topological polar surface area (TPSA) is 79.0 Å². The van der Waals surface area contributed by atoms with Crippen molar-refractivity contribution >= 4 is 26.6 Å². The number of benzene rings is 3. The third-order valence-corrected chi connectivity index (χ3v) is 7.93. The van der Waals surface area contributed by atoms with Gasteiger partial charge in [0, 0.05) is 29.6 Å². The van der Waals surface area contributed by atoms with Crippen LogP contribution in [-0.2, 0) is 9.84 Å². The van der Waals surface area contributed by atoms with E-state index in [1.54, 1.807) is 32.0 Å². The van der Waals surface area contributed by atoms with Crippen molar-refractivity contribution in [1.82, 2.24) is 10.3 Å². The number of nitrogens with one attached hydrogen (secondary N) is 2. The molecule has 3 aromatic carbocycles. The smallest absolute Gasteiger partial charge is 0.252 e. The van der Waals surface area contributed by atoms with E-state index in [0.29, 0.717) is 6.54 Å². The molecule has 0 saturated carbocycles. The normalized spacial score (nSPS) is 12.7.